The fourth-order valence-corrected chi connectivity index (χ4v) is 2.86. The first-order valence-corrected chi connectivity index (χ1v) is 7.98. The van der Waals surface area contributed by atoms with E-state index >= 15 is 0 Å². The molecule has 2 aliphatic rings. The van der Waals surface area contributed by atoms with E-state index in [1.54, 1.807) is 0 Å². The summed E-state index contributed by atoms with van der Waals surface area (Å²) in [5.74, 6) is 2.40. The third-order valence-corrected chi connectivity index (χ3v) is 4.26. The summed E-state index contributed by atoms with van der Waals surface area (Å²) in [6.45, 7) is 0.870. The number of nitrogens with zero attached hydrogens (tertiary/aromatic N) is 1. The number of ether oxygens (including phenoxy) is 1. The van der Waals surface area contributed by atoms with Crippen molar-refractivity contribution in [2.24, 2.45) is 5.92 Å². The number of hydrogen-bond donors (Lipinski definition) is 1. The van der Waals surface area contributed by atoms with Gasteiger partial charge < -0.3 is 15.0 Å². The first kappa shape index (κ1) is 13.9. The summed E-state index contributed by atoms with van der Waals surface area (Å²) in [6, 6.07) is 18.1. The minimum Gasteiger partial charge on any atom is -0.457 e. The molecule has 1 N–H and O–H groups in total. The molecule has 0 radical (unpaired) electrons. The van der Waals surface area contributed by atoms with Crippen LogP contribution in [0.3, 0.4) is 0 Å². The number of para-hydroxylation sites is 1. The molecule has 116 valence electrons. The molecule has 1 fully saturated rings. The second-order valence-electron chi connectivity index (χ2n) is 6.13. The number of anilines is 1. The van der Waals surface area contributed by atoms with Crippen LogP contribution in [0.25, 0.3) is 0 Å². The van der Waals surface area contributed by atoms with E-state index in [0.717, 1.165) is 23.7 Å². The van der Waals surface area contributed by atoms with E-state index in [2.05, 4.69) is 41.7 Å². The maximum Gasteiger partial charge on any atom is 0.129 e. The fourth-order valence-electron chi connectivity index (χ4n) is 2.86. The molecule has 3 nitrogen and oxygen atoms in total. The van der Waals surface area contributed by atoms with Gasteiger partial charge in [-0.3, -0.25) is 0 Å². The number of fused-ring (bicyclic) bond motifs is 1. The Balaban J connectivity index is 1.45. The summed E-state index contributed by atoms with van der Waals surface area (Å²) in [7, 11) is 2.11. The van der Waals surface area contributed by atoms with E-state index in [1.807, 2.05) is 42.5 Å². The smallest absolute Gasteiger partial charge is 0.129 e. The van der Waals surface area contributed by atoms with Gasteiger partial charge >= 0.3 is 0 Å². The Bertz CT molecular complexity index is 764. The zero-order valence-corrected chi connectivity index (χ0v) is 13.2. The van der Waals surface area contributed by atoms with Crippen molar-refractivity contribution in [1.82, 2.24) is 5.32 Å². The Morgan fingerprint density at radius 2 is 1.91 bits per heavy atom. The van der Waals surface area contributed by atoms with Crippen molar-refractivity contribution in [2.75, 3.05) is 18.5 Å². The third-order valence-electron chi connectivity index (χ3n) is 4.26. The molecule has 2 aromatic carbocycles. The summed E-state index contributed by atoms with van der Waals surface area (Å²) in [5, 5.41) is 3.39. The predicted molar refractivity (Wildman–Crippen MR) is 93.6 cm³/mol. The van der Waals surface area contributed by atoms with Crippen molar-refractivity contribution < 1.29 is 4.74 Å². The molecule has 3 heteroatoms. The summed E-state index contributed by atoms with van der Waals surface area (Å²) < 4.78 is 5.92. The largest absolute Gasteiger partial charge is 0.457 e. The van der Waals surface area contributed by atoms with Gasteiger partial charge in [-0.25, -0.2) is 0 Å². The second-order valence-corrected chi connectivity index (χ2v) is 6.13. The van der Waals surface area contributed by atoms with Crippen molar-refractivity contribution in [1.29, 1.82) is 0 Å². The minimum atomic E-state index is 0.687. The van der Waals surface area contributed by atoms with Gasteiger partial charge in [-0.1, -0.05) is 30.3 Å². The predicted octanol–water partition coefficient (Wildman–Crippen LogP) is 4.31. The van der Waals surface area contributed by atoms with Crippen LogP contribution in [0.5, 0.6) is 11.5 Å². The van der Waals surface area contributed by atoms with Crippen LogP contribution < -0.4 is 15.0 Å². The minimum absolute atomic E-state index is 0.687. The van der Waals surface area contributed by atoms with E-state index in [4.69, 9.17) is 4.74 Å². The Labute approximate surface area is 136 Å². The standard InChI is InChI=1S/C20H20N2O/c1-22(14-17-11-15-10-16(15)13-21-17)18-6-5-9-20(12-18)23-19-7-3-2-4-8-19/h2-9,11-13,15,21H,10,14H2,1H3. The van der Waals surface area contributed by atoms with Crippen molar-refractivity contribution in [3.05, 3.63) is 78.1 Å². The van der Waals surface area contributed by atoms with Gasteiger partial charge in [-0.2, -0.15) is 0 Å². The molecule has 4 rings (SSSR count). The molecule has 1 heterocycles. The molecule has 1 saturated carbocycles. The van der Waals surface area contributed by atoms with Gasteiger partial charge in [0.15, 0.2) is 0 Å². The van der Waals surface area contributed by atoms with Crippen molar-refractivity contribution in [2.45, 2.75) is 6.42 Å². The van der Waals surface area contributed by atoms with E-state index in [9.17, 15) is 0 Å². The van der Waals surface area contributed by atoms with Gasteiger partial charge in [-0.05, 0) is 36.3 Å². The quantitative estimate of drug-likeness (QED) is 0.891. The summed E-state index contributed by atoms with van der Waals surface area (Å²) in [4.78, 5) is 2.23. The van der Waals surface area contributed by atoms with Crippen LogP contribution in [0.1, 0.15) is 6.42 Å². The summed E-state index contributed by atoms with van der Waals surface area (Å²) in [6.07, 6.45) is 5.72. The molecule has 0 saturated heterocycles. The Hall–Kier alpha value is -2.68. The monoisotopic (exact) mass is 304 g/mol. The Morgan fingerprint density at radius 1 is 1.09 bits per heavy atom. The van der Waals surface area contributed by atoms with E-state index in [-0.39, 0.29) is 0 Å². The molecule has 0 spiro atoms. The van der Waals surface area contributed by atoms with Gasteiger partial charge in [0, 0.05) is 36.6 Å². The van der Waals surface area contributed by atoms with Crippen molar-refractivity contribution in [3.8, 4) is 11.5 Å². The molecule has 1 aliphatic carbocycles. The van der Waals surface area contributed by atoms with Gasteiger partial charge in [0.1, 0.15) is 11.5 Å². The number of likely N-dealkylation sites (N-methyl/N-ethyl adjacent to an activating group) is 1. The molecule has 1 aliphatic heterocycles. The van der Waals surface area contributed by atoms with Gasteiger partial charge in [-0.15, -0.1) is 0 Å². The lowest BCUT2D eigenvalue weighted by molar-refractivity contribution is 0.482. The van der Waals surface area contributed by atoms with Crippen molar-refractivity contribution >= 4 is 5.69 Å². The molecule has 1 unspecified atom stereocenters. The van der Waals surface area contributed by atoms with Crippen LogP contribution in [-0.4, -0.2) is 13.6 Å². The fraction of sp³-hybridized carbons (Fsp3) is 0.200. The maximum atomic E-state index is 5.92. The third kappa shape index (κ3) is 3.24. The van der Waals surface area contributed by atoms with Gasteiger partial charge in [0.05, 0.1) is 6.54 Å². The summed E-state index contributed by atoms with van der Waals surface area (Å²) >= 11 is 0. The molecule has 23 heavy (non-hydrogen) atoms. The molecular formula is C20H20N2O. The average Bonchev–Trinajstić information content (AvgIpc) is 3.35. The lowest BCUT2D eigenvalue weighted by Gasteiger charge is -2.22. The zero-order chi connectivity index (χ0) is 15.6. The first-order valence-electron chi connectivity index (χ1n) is 7.98. The number of benzene rings is 2. The van der Waals surface area contributed by atoms with Crippen molar-refractivity contribution in [3.63, 3.8) is 0 Å². The number of nitrogens with one attached hydrogen (secondary N) is 1. The Morgan fingerprint density at radius 3 is 2.74 bits per heavy atom. The van der Waals surface area contributed by atoms with Crippen LogP contribution in [0.2, 0.25) is 0 Å². The molecule has 0 amide bonds. The second kappa shape index (κ2) is 5.84. The number of allylic oxidation sites excluding steroid dienone is 2. The van der Waals surface area contributed by atoms with Crippen LogP contribution in [-0.2, 0) is 0 Å². The maximum absolute atomic E-state index is 5.92. The van der Waals surface area contributed by atoms with E-state index < -0.39 is 0 Å². The number of dihydropyridines is 1. The highest BCUT2D eigenvalue weighted by Gasteiger charge is 2.30. The molecule has 0 bridgehead atoms. The molecule has 0 aromatic heterocycles. The van der Waals surface area contributed by atoms with Crippen LogP contribution in [0.15, 0.2) is 78.1 Å². The highest BCUT2D eigenvalue weighted by atomic mass is 16.5. The highest BCUT2D eigenvalue weighted by Crippen LogP contribution is 2.41. The number of hydrogen-bond acceptors (Lipinski definition) is 3. The highest BCUT2D eigenvalue weighted by molar-refractivity contribution is 5.52. The zero-order valence-electron chi connectivity index (χ0n) is 13.2. The van der Waals surface area contributed by atoms with Crippen LogP contribution in [0.4, 0.5) is 5.69 Å². The van der Waals surface area contributed by atoms with Gasteiger partial charge in [0.25, 0.3) is 0 Å². The van der Waals surface area contributed by atoms with Crippen LogP contribution in [0, 0.1) is 5.92 Å². The molecular weight excluding hydrogens is 284 g/mol. The topological polar surface area (TPSA) is 24.5 Å². The normalized spacial score (nSPS) is 18.2. The SMILES string of the molecule is CN(CC1=CC2CC2=CN1)c1cccc(Oc2ccccc2)c1. The molecule has 2 aromatic rings. The Kier molecular flexibility index (Phi) is 3.54. The van der Waals surface area contributed by atoms with Crippen LogP contribution >= 0.6 is 0 Å². The van der Waals surface area contributed by atoms with Gasteiger partial charge in [0.2, 0.25) is 0 Å². The summed E-state index contributed by atoms with van der Waals surface area (Å²) in [5.41, 5.74) is 3.94. The lowest BCUT2D eigenvalue weighted by atomic mass is 10.2. The van der Waals surface area contributed by atoms with E-state index in [1.165, 1.54) is 17.7 Å². The van der Waals surface area contributed by atoms with E-state index in [0.29, 0.717) is 5.92 Å². The average molecular weight is 304 g/mol. The number of rotatable bonds is 5. The first-order chi connectivity index (χ1) is 11.3. The lowest BCUT2D eigenvalue weighted by Crippen LogP contribution is -2.26. The molecule has 1 atom stereocenters.